The van der Waals surface area contributed by atoms with Crippen molar-refractivity contribution in [2.75, 3.05) is 0 Å². The lowest BCUT2D eigenvalue weighted by Gasteiger charge is -2.61. The van der Waals surface area contributed by atoms with E-state index in [1.165, 1.54) is 6.92 Å². The minimum absolute atomic E-state index is 0.00243. The quantitative estimate of drug-likeness (QED) is 0.612. The fourth-order valence-electron chi connectivity index (χ4n) is 7.52. The molecule has 8 unspecified atom stereocenters. The Bertz CT molecular complexity index is 665. The van der Waals surface area contributed by atoms with Crippen molar-refractivity contribution in [3.63, 3.8) is 0 Å². The number of carbonyl (C=O) groups excluding carboxylic acids is 2. The maximum absolute atomic E-state index is 14.7. The molecule has 0 heterocycles. The van der Waals surface area contributed by atoms with Gasteiger partial charge in [0.1, 0.15) is 6.10 Å². The molecule has 0 aromatic heterocycles. The summed E-state index contributed by atoms with van der Waals surface area (Å²) in [6.45, 7) is 5.39. The number of hydrogen-bond acceptors (Lipinski definition) is 3. The van der Waals surface area contributed by atoms with Gasteiger partial charge in [0, 0.05) is 24.7 Å². The van der Waals surface area contributed by atoms with Crippen LogP contribution in [0.1, 0.15) is 65.7 Å². The van der Waals surface area contributed by atoms with E-state index in [0.29, 0.717) is 12.3 Å². The first-order valence-corrected chi connectivity index (χ1v) is 10.2. The molecule has 3 nitrogen and oxygen atoms in total. The second-order valence-corrected chi connectivity index (χ2v) is 9.93. The molecule has 0 bridgehead atoms. The molecule has 0 N–H and O–H groups in total. The molecule has 0 aliphatic heterocycles. The number of halogens is 3. The van der Waals surface area contributed by atoms with Crippen molar-refractivity contribution in [3.05, 3.63) is 0 Å². The Labute approximate surface area is 158 Å². The molecule has 0 saturated heterocycles. The van der Waals surface area contributed by atoms with Crippen LogP contribution < -0.4 is 0 Å². The first-order chi connectivity index (χ1) is 12.5. The molecule has 4 rings (SSSR count). The molecule has 152 valence electrons. The van der Waals surface area contributed by atoms with Gasteiger partial charge in [0.05, 0.1) is 0 Å². The summed E-state index contributed by atoms with van der Waals surface area (Å²) in [4.78, 5) is 23.3. The first kappa shape index (κ1) is 19.3. The van der Waals surface area contributed by atoms with Crippen LogP contribution in [0.5, 0.6) is 0 Å². The lowest BCUT2D eigenvalue weighted by atomic mass is 9.44. The maximum atomic E-state index is 14.7. The third-order valence-corrected chi connectivity index (χ3v) is 8.73. The smallest absolute Gasteiger partial charge is 0.308 e. The Morgan fingerprint density at radius 1 is 1.00 bits per heavy atom. The predicted molar refractivity (Wildman–Crippen MR) is 92.9 cm³/mol. The second-order valence-electron chi connectivity index (χ2n) is 9.93. The number of alkyl halides is 3. The minimum Gasteiger partial charge on any atom is -0.462 e. The second kappa shape index (κ2) is 5.96. The molecule has 4 aliphatic carbocycles. The van der Waals surface area contributed by atoms with Gasteiger partial charge < -0.3 is 4.74 Å². The number of rotatable bonds is 1. The SMILES string of the molecule is CC(=O)OC1CCC2C3CCC4C(F)C(=O)C(F)(F)CC4(C)C3CCC12C. The molecular formula is C21H29F3O3. The van der Waals surface area contributed by atoms with E-state index in [4.69, 9.17) is 4.74 Å². The van der Waals surface area contributed by atoms with Gasteiger partial charge in [0.25, 0.3) is 0 Å². The largest absolute Gasteiger partial charge is 0.462 e. The average Bonchev–Trinajstić information content (AvgIpc) is 2.88. The monoisotopic (exact) mass is 386 g/mol. The summed E-state index contributed by atoms with van der Waals surface area (Å²) in [5.41, 5.74) is -0.973. The van der Waals surface area contributed by atoms with Crippen molar-refractivity contribution in [1.82, 2.24) is 0 Å². The first-order valence-electron chi connectivity index (χ1n) is 10.2. The van der Waals surface area contributed by atoms with E-state index >= 15 is 0 Å². The summed E-state index contributed by atoms with van der Waals surface area (Å²) in [6.07, 6.45) is 1.84. The van der Waals surface area contributed by atoms with E-state index in [1.807, 2.05) is 0 Å². The Hall–Kier alpha value is -1.07. The fourth-order valence-corrected chi connectivity index (χ4v) is 7.52. The molecule has 0 amide bonds. The van der Waals surface area contributed by atoms with Gasteiger partial charge in [-0.25, -0.2) is 4.39 Å². The minimum atomic E-state index is -3.57. The van der Waals surface area contributed by atoms with Crippen molar-refractivity contribution in [2.24, 2.45) is 34.5 Å². The zero-order valence-corrected chi connectivity index (χ0v) is 16.3. The van der Waals surface area contributed by atoms with E-state index in [0.717, 1.165) is 32.1 Å². The molecule has 6 heteroatoms. The van der Waals surface area contributed by atoms with Crippen LogP contribution in [0.25, 0.3) is 0 Å². The summed E-state index contributed by atoms with van der Waals surface area (Å²) in [5, 5.41) is 0. The van der Waals surface area contributed by atoms with E-state index in [1.54, 1.807) is 6.92 Å². The van der Waals surface area contributed by atoms with Crippen LogP contribution >= 0.6 is 0 Å². The number of esters is 1. The van der Waals surface area contributed by atoms with E-state index in [-0.39, 0.29) is 29.3 Å². The normalized spacial score (nSPS) is 51.1. The third-order valence-electron chi connectivity index (χ3n) is 8.73. The van der Waals surface area contributed by atoms with E-state index in [9.17, 15) is 22.8 Å². The van der Waals surface area contributed by atoms with Gasteiger partial charge in [0.2, 0.25) is 5.78 Å². The van der Waals surface area contributed by atoms with Gasteiger partial charge >= 0.3 is 11.9 Å². The third kappa shape index (κ3) is 2.61. The van der Waals surface area contributed by atoms with Crippen LogP contribution in [-0.4, -0.2) is 30.0 Å². The van der Waals surface area contributed by atoms with Crippen LogP contribution in [0.3, 0.4) is 0 Å². The molecule has 0 aromatic carbocycles. The maximum Gasteiger partial charge on any atom is 0.308 e. The number of ether oxygens (including phenoxy) is 1. The van der Waals surface area contributed by atoms with Crippen LogP contribution in [0.2, 0.25) is 0 Å². The molecule has 27 heavy (non-hydrogen) atoms. The number of ketones is 1. The summed E-state index contributed by atoms with van der Waals surface area (Å²) in [6, 6.07) is 0. The van der Waals surface area contributed by atoms with Crippen LogP contribution in [-0.2, 0) is 14.3 Å². The van der Waals surface area contributed by atoms with Gasteiger partial charge in [-0.1, -0.05) is 13.8 Å². The highest BCUT2D eigenvalue weighted by Crippen LogP contribution is 2.67. The van der Waals surface area contributed by atoms with Crippen molar-refractivity contribution in [3.8, 4) is 0 Å². The van der Waals surface area contributed by atoms with Crippen LogP contribution in [0.15, 0.2) is 0 Å². The molecule has 0 radical (unpaired) electrons. The van der Waals surface area contributed by atoms with Crippen LogP contribution in [0, 0.1) is 34.5 Å². The van der Waals surface area contributed by atoms with Crippen molar-refractivity contribution in [2.45, 2.75) is 83.9 Å². The highest BCUT2D eigenvalue weighted by Gasteiger charge is 2.67. The zero-order chi connectivity index (χ0) is 19.8. The Morgan fingerprint density at radius 2 is 1.63 bits per heavy atom. The fraction of sp³-hybridized carbons (Fsp3) is 0.905. The number of carbonyl (C=O) groups is 2. The number of hydrogen-bond donors (Lipinski definition) is 0. The molecular weight excluding hydrogens is 357 g/mol. The zero-order valence-electron chi connectivity index (χ0n) is 16.3. The molecule has 0 spiro atoms. The van der Waals surface area contributed by atoms with Crippen molar-refractivity contribution < 1.29 is 27.5 Å². The lowest BCUT2D eigenvalue weighted by molar-refractivity contribution is -0.199. The lowest BCUT2D eigenvalue weighted by Crippen LogP contribution is -2.61. The van der Waals surface area contributed by atoms with E-state index < -0.39 is 35.6 Å². The van der Waals surface area contributed by atoms with Crippen LogP contribution in [0.4, 0.5) is 13.2 Å². The Kier molecular flexibility index (Phi) is 4.25. The number of fused-ring (bicyclic) bond motifs is 5. The van der Waals surface area contributed by atoms with E-state index in [2.05, 4.69) is 6.92 Å². The molecule has 0 aromatic rings. The van der Waals surface area contributed by atoms with Gasteiger partial charge in [-0.05, 0) is 61.7 Å². The summed E-state index contributed by atoms with van der Waals surface area (Å²) in [5.74, 6) is -5.40. The molecule has 4 aliphatic rings. The van der Waals surface area contributed by atoms with Gasteiger partial charge in [-0.2, -0.15) is 8.78 Å². The summed E-state index contributed by atoms with van der Waals surface area (Å²) >= 11 is 0. The highest BCUT2D eigenvalue weighted by atomic mass is 19.3. The summed E-state index contributed by atoms with van der Waals surface area (Å²) < 4.78 is 48.9. The Morgan fingerprint density at radius 3 is 2.30 bits per heavy atom. The van der Waals surface area contributed by atoms with Gasteiger partial charge in [0.15, 0.2) is 6.17 Å². The highest BCUT2D eigenvalue weighted by molar-refractivity contribution is 5.91. The van der Waals surface area contributed by atoms with Gasteiger partial charge in [-0.3, -0.25) is 9.59 Å². The van der Waals surface area contributed by atoms with Crippen molar-refractivity contribution in [1.29, 1.82) is 0 Å². The standard InChI is InChI=1S/C21H29F3O3/c1-11(25)27-16-7-6-13-12-4-5-15-17(22)18(26)21(23,24)10-20(15,3)14(12)8-9-19(13,16)2/h12-17H,4-10H2,1-3H3. The molecule has 4 fully saturated rings. The summed E-state index contributed by atoms with van der Waals surface area (Å²) in [7, 11) is 0. The van der Waals surface area contributed by atoms with Gasteiger partial charge in [-0.15, -0.1) is 0 Å². The average molecular weight is 386 g/mol. The molecule has 4 saturated carbocycles. The van der Waals surface area contributed by atoms with Crippen molar-refractivity contribution >= 4 is 11.8 Å². The number of Topliss-reactive ketones (excluding diaryl/α,β-unsaturated/α-hetero) is 1. The topological polar surface area (TPSA) is 43.4 Å². The predicted octanol–water partition coefficient (Wildman–Crippen LogP) is 4.72. The molecule has 8 atom stereocenters. The Balaban J connectivity index is 1.64.